The highest BCUT2D eigenvalue weighted by Crippen LogP contribution is 2.20. The number of aryl methyl sites for hydroxylation is 1. The lowest BCUT2D eigenvalue weighted by molar-refractivity contribution is 0.342. The van der Waals surface area contributed by atoms with Gasteiger partial charge < -0.3 is 9.73 Å². The molecule has 0 aliphatic carbocycles. The molecular formula is C16H17N5O. The number of hydrogen-bond acceptors (Lipinski definition) is 5. The Morgan fingerprint density at radius 2 is 2.14 bits per heavy atom. The van der Waals surface area contributed by atoms with Crippen molar-refractivity contribution >= 4 is 0 Å². The van der Waals surface area contributed by atoms with Crippen LogP contribution in [0.1, 0.15) is 18.1 Å². The molecule has 1 atom stereocenters. The molecule has 22 heavy (non-hydrogen) atoms. The van der Waals surface area contributed by atoms with E-state index in [9.17, 15) is 0 Å². The van der Waals surface area contributed by atoms with E-state index in [0.717, 1.165) is 36.5 Å². The van der Waals surface area contributed by atoms with Gasteiger partial charge in [0.15, 0.2) is 5.76 Å². The van der Waals surface area contributed by atoms with Gasteiger partial charge >= 0.3 is 0 Å². The van der Waals surface area contributed by atoms with E-state index in [1.54, 1.807) is 12.5 Å². The Bertz CT molecular complexity index is 749. The smallest absolute Gasteiger partial charge is 0.208 e. The fourth-order valence-corrected chi connectivity index (χ4v) is 2.76. The molecule has 0 fully saturated rings. The van der Waals surface area contributed by atoms with Gasteiger partial charge in [-0.1, -0.05) is 30.3 Å². The SMILES string of the molecule is c1ccc(-c2cnc(CN[C@H]3CCc4ncnn4C3)o2)cc1. The van der Waals surface area contributed by atoms with E-state index in [1.807, 2.05) is 35.0 Å². The third kappa shape index (κ3) is 2.65. The van der Waals surface area contributed by atoms with Gasteiger partial charge in [0.1, 0.15) is 12.2 Å². The zero-order valence-electron chi connectivity index (χ0n) is 12.1. The average molecular weight is 295 g/mol. The monoisotopic (exact) mass is 295 g/mol. The maximum atomic E-state index is 5.81. The van der Waals surface area contributed by atoms with Gasteiger partial charge in [0.05, 0.1) is 19.3 Å². The third-order valence-electron chi connectivity index (χ3n) is 3.96. The topological polar surface area (TPSA) is 68.8 Å². The fourth-order valence-electron chi connectivity index (χ4n) is 2.76. The standard InChI is InChI=1S/C16H17N5O/c1-2-4-12(5-3-1)14-8-18-16(22-14)9-17-13-6-7-15-19-11-20-21(15)10-13/h1-5,8,11,13,17H,6-7,9-10H2/t13-/m0/s1. The zero-order valence-corrected chi connectivity index (χ0v) is 12.1. The van der Waals surface area contributed by atoms with Crippen molar-refractivity contribution in [3.05, 3.63) is 54.6 Å². The summed E-state index contributed by atoms with van der Waals surface area (Å²) in [5.41, 5.74) is 1.05. The summed E-state index contributed by atoms with van der Waals surface area (Å²) in [6, 6.07) is 10.4. The molecule has 0 bridgehead atoms. The number of rotatable bonds is 4. The van der Waals surface area contributed by atoms with E-state index in [1.165, 1.54) is 0 Å². The van der Waals surface area contributed by atoms with Crippen molar-refractivity contribution in [1.82, 2.24) is 25.1 Å². The first-order valence-corrected chi connectivity index (χ1v) is 7.49. The molecule has 2 aromatic heterocycles. The van der Waals surface area contributed by atoms with Crippen LogP contribution >= 0.6 is 0 Å². The minimum absolute atomic E-state index is 0.376. The molecule has 1 aromatic carbocycles. The predicted molar refractivity (Wildman–Crippen MR) is 80.9 cm³/mol. The molecule has 1 aliphatic heterocycles. The van der Waals surface area contributed by atoms with Crippen molar-refractivity contribution < 1.29 is 4.42 Å². The summed E-state index contributed by atoms with van der Waals surface area (Å²) in [5, 5.41) is 7.72. The number of fused-ring (bicyclic) bond motifs is 1. The third-order valence-corrected chi connectivity index (χ3v) is 3.96. The molecule has 3 heterocycles. The lowest BCUT2D eigenvalue weighted by Crippen LogP contribution is -2.37. The molecular weight excluding hydrogens is 278 g/mol. The molecule has 112 valence electrons. The van der Waals surface area contributed by atoms with Crippen molar-refractivity contribution in [3.63, 3.8) is 0 Å². The van der Waals surface area contributed by atoms with Crippen LogP contribution in [-0.2, 0) is 19.5 Å². The van der Waals surface area contributed by atoms with Gasteiger partial charge in [0, 0.05) is 18.0 Å². The Morgan fingerprint density at radius 3 is 3.05 bits per heavy atom. The second kappa shape index (κ2) is 5.73. The average Bonchev–Trinajstić information content (AvgIpc) is 3.22. The van der Waals surface area contributed by atoms with Gasteiger partial charge in [0.2, 0.25) is 5.89 Å². The quantitative estimate of drug-likeness (QED) is 0.797. The van der Waals surface area contributed by atoms with Crippen molar-refractivity contribution in [2.75, 3.05) is 0 Å². The van der Waals surface area contributed by atoms with Crippen LogP contribution in [0.5, 0.6) is 0 Å². The summed E-state index contributed by atoms with van der Waals surface area (Å²) >= 11 is 0. The predicted octanol–water partition coefficient (Wildman–Crippen LogP) is 2.04. The van der Waals surface area contributed by atoms with Gasteiger partial charge in [0.25, 0.3) is 0 Å². The molecule has 4 rings (SSSR count). The number of oxazole rings is 1. The van der Waals surface area contributed by atoms with Gasteiger partial charge in [-0.2, -0.15) is 5.10 Å². The van der Waals surface area contributed by atoms with E-state index in [4.69, 9.17) is 4.42 Å². The first kappa shape index (κ1) is 13.2. The summed E-state index contributed by atoms with van der Waals surface area (Å²) in [6.07, 6.45) is 5.42. The first-order valence-electron chi connectivity index (χ1n) is 7.49. The molecule has 0 saturated carbocycles. The van der Waals surface area contributed by atoms with Crippen LogP contribution in [0.15, 0.2) is 47.3 Å². The lowest BCUT2D eigenvalue weighted by atomic mass is 10.1. The number of nitrogens with one attached hydrogen (secondary N) is 1. The lowest BCUT2D eigenvalue weighted by Gasteiger charge is -2.22. The van der Waals surface area contributed by atoms with Crippen molar-refractivity contribution in [1.29, 1.82) is 0 Å². The Balaban J connectivity index is 1.38. The fraction of sp³-hybridized carbons (Fsp3) is 0.312. The molecule has 0 amide bonds. The van der Waals surface area contributed by atoms with E-state index >= 15 is 0 Å². The summed E-state index contributed by atoms with van der Waals surface area (Å²) in [6.45, 7) is 1.48. The van der Waals surface area contributed by atoms with Crippen molar-refractivity contribution in [2.24, 2.45) is 0 Å². The number of nitrogens with zero attached hydrogens (tertiary/aromatic N) is 4. The number of benzene rings is 1. The van der Waals surface area contributed by atoms with Gasteiger partial charge in [-0.05, 0) is 6.42 Å². The van der Waals surface area contributed by atoms with Crippen LogP contribution in [0.4, 0.5) is 0 Å². The summed E-state index contributed by atoms with van der Waals surface area (Å²) in [4.78, 5) is 8.59. The molecule has 6 heteroatoms. The molecule has 0 saturated heterocycles. The van der Waals surface area contributed by atoms with Crippen LogP contribution in [0.3, 0.4) is 0 Å². The largest absolute Gasteiger partial charge is 0.439 e. The Morgan fingerprint density at radius 1 is 1.23 bits per heavy atom. The molecule has 0 unspecified atom stereocenters. The molecule has 0 radical (unpaired) electrons. The number of hydrogen-bond donors (Lipinski definition) is 1. The second-order valence-corrected chi connectivity index (χ2v) is 5.46. The van der Waals surface area contributed by atoms with Crippen LogP contribution in [-0.4, -0.2) is 25.8 Å². The van der Waals surface area contributed by atoms with E-state index in [0.29, 0.717) is 18.5 Å². The maximum Gasteiger partial charge on any atom is 0.208 e. The minimum Gasteiger partial charge on any atom is -0.439 e. The highest BCUT2D eigenvalue weighted by Gasteiger charge is 2.19. The summed E-state index contributed by atoms with van der Waals surface area (Å²) in [5.74, 6) is 2.59. The molecule has 1 aliphatic rings. The number of aromatic nitrogens is 4. The Hall–Kier alpha value is -2.47. The second-order valence-electron chi connectivity index (χ2n) is 5.46. The van der Waals surface area contributed by atoms with Crippen LogP contribution < -0.4 is 5.32 Å². The summed E-state index contributed by atoms with van der Waals surface area (Å²) in [7, 11) is 0. The van der Waals surface area contributed by atoms with Crippen LogP contribution in [0, 0.1) is 0 Å². The molecule has 0 spiro atoms. The zero-order chi connectivity index (χ0) is 14.8. The normalized spacial score (nSPS) is 17.4. The van der Waals surface area contributed by atoms with Crippen LogP contribution in [0.2, 0.25) is 0 Å². The van der Waals surface area contributed by atoms with Crippen molar-refractivity contribution in [3.8, 4) is 11.3 Å². The highest BCUT2D eigenvalue weighted by atomic mass is 16.4. The highest BCUT2D eigenvalue weighted by molar-refractivity contribution is 5.55. The van der Waals surface area contributed by atoms with Crippen molar-refractivity contribution in [2.45, 2.75) is 32.0 Å². The van der Waals surface area contributed by atoms with Gasteiger partial charge in [-0.15, -0.1) is 0 Å². The molecule has 6 nitrogen and oxygen atoms in total. The van der Waals surface area contributed by atoms with E-state index in [2.05, 4.69) is 20.4 Å². The summed E-state index contributed by atoms with van der Waals surface area (Å²) < 4.78 is 7.77. The Kier molecular flexibility index (Phi) is 3.44. The Labute approximate surface area is 128 Å². The molecule has 3 aromatic rings. The maximum absolute atomic E-state index is 5.81. The van der Waals surface area contributed by atoms with E-state index < -0.39 is 0 Å². The first-order chi connectivity index (χ1) is 10.9. The van der Waals surface area contributed by atoms with Gasteiger partial charge in [-0.25, -0.2) is 14.6 Å². The van der Waals surface area contributed by atoms with E-state index in [-0.39, 0.29) is 0 Å². The van der Waals surface area contributed by atoms with Crippen LogP contribution in [0.25, 0.3) is 11.3 Å². The van der Waals surface area contributed by atoms with Gasteiger partial charge in [-0.3, -0.25) is 0 Å². The minimum atomic E-state index is 0.376. The molecule has 1 N–H and O–H groups in total.